The van der Waals surface area contributed by atoms with Gasteiger partial charge in [0.05, 0.1) is 33.7 Å². The van der Waals surface area contributed by atoms with E-state index in [1.165, 1.54) is 10.2 Å². The van der Waals surface area contributed by atoms with Crippen molar-refractivity contribution in [2.75, 3.05) is 11.2 Å². The van der Waals surface area contributed by atoms with Crippen molar-refractivity contribution in [2.45, 2.75) is 45.5 Å². The van der Waals surface area contributed by atoms with E-state index in [1.54, 1.807) is 38.1 Å². The highest BCUT2D eigenvalue weighted by atomic mass is 127. The van der Waals surface area contributed by atoms with Crippen LogP contribution in [0, 0.1) is 5.92 Å². The summed E-state index contributed by atoms with van der Waals surface area (Å²) in [6.07, 6.45) is 1.75. The summed E-state index contributed by atoms with van der Waals surface area (Å²) >= 11 is 2.14. The Morgan fingerprint density at radius 2 is 1.85 bits per heavy atom. The zero-order valence-corrected chi connectivity index (χ0v) is 19.0. The molecule has 0 aliphatic carbocycles. The van der Waals surface area contributed by atoms with Gasteiger partial charge in [-0.05, 0) is 39.2 Å². The molecule has 0 aliphatic rings. The van der Waals surface area contributed by atoms with Crippen LogP contribution in [-0.2, 0) is 19.5 Å². The van der Waals surface area contributed by atoms with Gasteiger partial charge < -0.3 is 9.47 Å². The topological polar surface area (TPSA) is 74.6 Å². The number of carbonyl (C=O) groups is 1. The summed E-state index contributed by atoms with van der Waals surface area (Å²) in [4.78, 5) is 12.7. The van der Waals surface area contributed by atoms with E-state index in [0.29, 0.717) is 28.5 Å². The van der Waals surface area contributed by atoms with Crippen molar-refractivity contribution in [3.05, 3.63) is 36.0 Å². The second-order valence-corrected chi connectivity index (χ2v) is 9.98. The van der Waals surface area contributed by atoms with Crippen molar-refractivity contribution in [3.8, 4) is 0 Å². The number of halogens is 1. The predicted molar refractivity (Wildman–Crippen MR) is 115 cm³/mol. The van der Waals surface area contributed by atoms with Gasteiger partial charge in [0, 0.05) is 11.6 Å². The Morgan fingerprint density at radius 3 is 2.48 bits per heavy atom. The van der Waals surface area contributed by atoms with Gasteiger partial charge in [-0.1, -0.05) is 47.7 Å². The van der Waals surface area contributed by atoms with Crippen molar-refractivity contribution in [2.24, 2.45) is 5.92 Å². The summed E-state index contributed by atoms with van der Waals surface area (Å²) in [5, 5.41) is -0.0323. The zero-order chi connectivity index (χ0) is 20.2. The summed E-state index contributed by atoms with van der Waals surface area (Å²) < 4.78 is 38.1. The summed E-state index contributed by atoms with van der Waals surface area (Å²) in [7, 11) is -3.58. The third kappa shape index (κ3) is 5.23. The van der Waals surface area contributed by atoms with E-state index in [0.717, 1.165) is 0 Å². The van der Waals surface area contributed by atoms with Gasteiger partial charge in [0.25, 0.3) is 0 Å². The largest absolute Gasteiger partial charge is 0.459 e. The molecule has 2 atom stereocenters. The molecule has 27 heavy (non-hydrogen) atoms. The number of ether oxygens (including phenoxy) is 2. The molecule has 0 spiro atoms. The highest BCUT2D eigenvalue weighted by molar-refractivity contribution is 14.1. The van der Waals surface area contributed by atoms with Crippen LogP contribution in [0.1, 0.15) is 44.5 Å². The van der Waals surface area contributed by atoms with Crippen LogP contribution in [0.3, 0.4) is 0 Å². The molecule has 1 aromatic carbocycles. The number of benzene rings is 1. The first-order chi connectivity index (χ1) is 12.7. The van der Waals surface area contributed by atoms with Crippen LogP contribution in [-0.4, -0.2) is 40.9 Å². The van der Waals surface area contributed by atoms with Gasteiger partial charge in [0.1, 0.15) is 0 Å². The third-order valence-electron chi connectivity index (χ3n) is 4.29. The lowest BCUT2D eigenvalue weighted by molar-refractivity contribution is 0.0256. The lowest BCUT2D eigenvalue weighted by Crippen LogP contribution is -2.22. The highest BCUT2D eigenvalue weighted by Crippen LogP contribution is 2.26. The van der Waals surface area contributed by atoms with E-state index < -0.39 is 21.2 Å². The fourth-order valence-electron chi connectivity index (χ4n) is 2.92. The van der Waals surface area contributed by atoms with E-state index in [9.17, 15) is 13.2 Å². The summed E-state index contributed by atoms with van der Waals surface area (Å²) in [5.41, 5.74) is 0.743. The van der Waals surface area contributed by atoms with E-state index >= 15 is 0 Å². The fraction of sp³-hybridized carbons (Fsp3) is 0.526. The van der Waals surface area contributed by atoms with Gasteiger partial charge in [-0.3, -0.25) is 0 Å². The van der Waals surface area contributed by atoms with Crippen LogP contribution in [0.4, 0.5) is 0 Å². The molecule has 0 saturated heterocycles. The van der Waals surface area contributed by atoms with Crippen molar-refractivity contribution < 1.29 is 22.7 Å². The fourth-order valence-corrected chi connectivity index (χ4v) is 4.32. The van der Waals surface area contributed by atoms with Crippen LogP contribution >= 0.6 is 22.6 Å². The number of aromatic nitrogens is 1. The average Bonchev–Trinajstić information content (AvgIpc) is 3.00. The molecule has 0 fully saturated rings. The van der Waals surface area contributed by atoms with Crippen LogP contribution in [0.2, 0.25) is 0 Å². The number of fused-ring (bicyclic) bond motifs is 1. The number of rotatable bonds is 9. The van der Waals surface area contributed by atoms with E-state index in [1.807, 2.05) is 13.8 Å². The minimum Gasteiger partial charge on any atom is -0.459 e. The van der Waals surface area contributed by atoms with Crippen LogP contribution in [0.25, 0.3) is 10.9 Å². The minimum absolute atomic E-state index is 0.255. The van der Waals surface area contributed by atoms with Gasteiger partial charge in [-0.25, -0.2) is 17.2 Å². The smallest absolute Gasteiger partial charge is 0.340 e. The van der Waals surface area contributed by atoms with Crippen LogP contribution < -0.4 is 0 Å². The molecule has 0 radical (unpaired) electrons. The molecule has 0 bridgehead atoms. The Morgan fingerprint density at radius 1 is 1.19 bits per heavy atom. The number of hydrogen-bond acceptors (Lipinski definition) is 5. The number of carbonyl (C=O) groups excluding carboxylic acids is 1. The number of alkyl halides is 1. The Bertz CT molecular complexity index is 891. The molecule has 1 heterocycles. The Hall–Kier alpha value is -1.13. The molecule has 2 unspecified atom stereocenters. The second-order valence-electron chi connectivity index (χ2n) is 6.99. The first kappa shape index (κ1) is 22.2. The van der Waals surface area contributed by atoms with Crippen molar-refractivity contribution in [1.82, 2.24) is 3.97 Å². The van der Waals surface area contributed by atoms with Gasteiger partial charge in [-0.15, -0.1) is 0 Å². The number of esters is 1. The molecule has 0 N–H and O–H groups in total. The first-order valence-electron chi connectivity index (χ1n) is 8.87. The van der Waals surface area contributed by atoms with Gasteiger partial charge in [-0.2, -0.15) is 0 Å². The molecule has 2 aromatic rings. The lowest BCUT2D eigenvalue weighted by atomic mass is 10.1. The molecule has 0 saturated carbocycles. The van der Waals surface area contributed by atoms with E-state index in [-0.39, 0.29) is 17.6 Å². The van der Waals surface area contributed by atoms with Crippen molar-refractivity contribution in [3.63, 3.8) is 0 Å². The maximum atomic E-state index is 12.7. The molecule has 6 nitrogen and oxygen atoms in total. The van der Waals surface area contributed by atoms with Crippen molar-refractivity contribution in [1.29, 1.82) is 0 Å². The average molecular weight is 507 g/mol. The standard InChI is InChI=1S/C19H26INO5S/c1-13(2)27(23,24)21-10-17(16-7-5-6-8-18(16)21)19(22)26-15(4)9-14(3)11-25-12-20/h5-8,10,13-15H,9,11-12H2,1-4H3. The number of nitrogens with zero attached hydrogens (tertiary/aromatic N) is 1. The molecule has 0 aliphatic heterocycles. The Balaban J connectivity index is 2.27. The Kier molecular flexibility index (Phi) is 7.70. The minimum atomic E-state index is -3.58. The summed E-state index contributed by atoms with van der Waals surface area (Å²) in [5.74, 6) is -0.261. The van der Waals surface area contributed by atoms with E-state index in [4.69, 9.17) is 9.47 Å². The number of para-hydroxylation sites is 1. The lowest BCUT2D eigenvalue weighted by Gasteiger charge is -2.17. The summed E-state index contributed by atoms with van der Waals surface area (Å²) in [6.45, 7) is 7.71. The molecule has 8 heteroatoms. The highest BCUT2D eigenvalue weighted by Gasteiger charge is 2.26. The molecule has 150 valence electrons. The second kappa shape index (κ2) is 9.38. The molecule has 0 amide bonds. The molecular weight excluding hydrogens is 481 g/mol. The van der Waals surface area contributed by atoms with Crippen LogP contribution in [0.15, 0.2) is 30.5 Å². The molecule has 2 rings (SSSR count). The first-order valence-corrected chi connectivity index (χ1v) is 11.9. The normalized spacial score (nSPS) is 14.4. The zero-order valence-electron chi connectivity index (χ0n) is 16.0. The maximum Gasteiger partial charge on any atom is 0.340 e. The molecular formula is C19H26INO5S. The maximum absolute atomic E-state index is 12.7. The Labute approximate surface area is 174 Å². The quantitative estimate of drug-likeness (QED) is 0.289. The SMILES string of the molecule is CC(COCI)CC(C)OC(=O)c1cn(S(=O)(=O)C(C)C)c2ccccc12. The summed E-state index contributed by atoms with van der Waals surface area (Å²) in [6, 6.07) is 6.96. The third-order valence-corrected chi connectivity index (χ3v) is 6.77. The number of hydrogen-bond donors (Lipinski definition) is 0. The monoisotopic (exact) mass is 507 g/mol. The van der Waals surface area contributed by atoms with Gasteiger partial charge in [0.2, 0.25) is 10.0 Å². The molecule has 1 aromatic heterocycles. The van der Waals surface area contributed by atoms with Gasteiger partial charge >= 0.3 is 5.97 Å². The van der Waals surface area contributed by atoms with Crippen molar-refractivity contribution >= 4 is 49.5 Å². The predicted octanol–water partition coefficient (Wildman–Crippen LogP) is 4.21. The van der Waals surface area contributed by atoms with Gasteiger partial charge in [0.15, 0.2) is 0 Å². The van der Waals surface area contributed by atoms with E-state index in [2.05, 4.69) is 22.6 Å². The van der Waals surface area contributed by atoms with Crippen LogP contribution in [0.5, 0.6) is 0 Å².